The highest BCUT2D eigenvalue weighted by Gasteiger charge is 2.22. The van der Waals surface area contributed by atoms with E-state index in [-0.39, 0.29) is 17.0 Å². The number of halogens is 3. The average Bonchev–Trinajstić information content (AvgIpc) is 2.41. The Balaban J connectivity index is 3.01. The molecule has 1 rings (SSSR count). The second-order valence-corrected chi connectivity index (χ2v) is 5.07. The van der Waals surface area contributed by atoms with E-state index in [9.17, 15) is 9.18 Å². The molecule has 0 saturated heterocycles. The zero-order valence-corrected chi connectivity index (χ0v) is 12.6. The van der Waals surface area contributed by atoms with E-state index in [2.05, 4.69) is 0 Å². The number of hydrogen-bond donors (Lipinski definition) is 0. The van der Waals surface area contributed by atoms with Crippen molar-refractivity contribution in [1.82, 2.24) is 4.90 Å². The number of nitrogens with zero attached hydrogens (tertiary/aromatic N) is 1. The molecular weight excluding hydrogens is 288 g/mol. The maximum absolute atomic E-state index is 13.1. The molecule has 0 fully saturated rings. The van der Waals surface area contributed by atoms with Crippen LogP contribution in [0.5, 0.6) is 0 Å². The topological polar surface area (TPSA) is 20.3 Å². The van der Waals surface area contributed by atoms with E-state index < -0.39 is 5.82 Å². The van der Waals surface area contributed by atoms with E-state index in [0.717, 1.165) is 12.8 Å². The van der Waals surface area contributed by atoms with Gasteiger partial charge in [0.25, 0.3) is 5.91 Å². The normalized spacial score (nSPS) is 10.8. The van der Waals surface area contributed by atoms with Crippen molar-refractivity contribution < 1.29 is 9.18 Å². The van der Waals surface area contributed by atoms with E-state index >= 15 is 0 Å². The fourth-order valence-corrected chi connectivity index (χ4v) is 2.43. The first-order valence-electron chi connectivity index (χ1n) is 6.37. The first-order chi connectivity index (χ1) is 9.04. The van der Waals surface area contributed by atoms with Crippen molar-refractivity contribution in [3.63, 3.8) is 0 Å². The van der Waals surface area contributed by atoms with Gasteiger partial charge in [-0.05, 0) is 31.0 Å². The van der Waals surface area contributed by atoms with Crippen molar-refractivity contribution in [2.45, 2.75) is 32.7 Å². The summed E-state index contributed by atoms with van der Waals surface area (Å²) in [6.45, 7) is 4.53. The molecule has 1 aromatic rings. The van der Waals surface area contributed by atoms with Gasteiger partial charge in [0, 0.05) is 24.0 Å². The molecule has 0 aliphatic rings. The summed E-state index contributed by atoms with van der Waals surface area (Å²) in [5.74, 6) is -0.308. The Hall–Kier alpha value is -0.800. The molecule has 0 spiro atoms. The third-order valence-electron chi connectivity index (χ3n) is 3.14. The fraction of sp³-hybridized carbons (Fsp3) is 0.500. The summed E-state index contributed by atoms with van der Waals surface area (Å²) < 4.78 is 13.1. The number of carbonyl (C=O) groups excluding carboxylic acids is 1. The summed E-state index contributed by atoms with van der Waals surface area (Å²) in [6.07, 6.45) is 1.71. The van der Waals surface area contributed by atoms with Crippen molar-refractivity contribution in [3.05, 3.63) is 34.6 Å². The predicted octanol–water partition coefficient (Wildman–Crippen LogP) is 4.35. The molecule has 0 aliphatic heterocycles. The molecule has 0 unspecified atom stereocenters. The van der Waals surface area contributed by atoms with Crippen LogP contribution in [-0.2, 0) is 0 Å². The summed E-state index contributed by atoms with van der Waals surface area (Å²) in [5, 5.41) is -0.0405. The van der Waals surface area contributed by atoms with Crippen LogP contribution in [0.1, 0.15) is 37.0 Å². The van der Waals surface area contributed by atoms with Gasteiger partial charge < -0.3 is 4.90 Å². The third-order valence-corrected chi connectivity index (χ3v) is 3.59. The van der Waals surface area contributed by atoms with Crippen LogP contribution in [-0.4, -0.2) is 29.3 Å². The molecule has 0 saturated carbocycles. The first kappa shape index (κ1) is 16.3. The smallest absolute Gasteiger partial charge is 0.254 e. The highest BCUT2D eigenvalue weighted by Crippen LogP contribution is 2.19. The van der Waals surface area contributed by atoms with Gasteiger partial charge in [0.1, 0.15) is 5.82 Å². The molecule has 0 N–H and O–H groups in total. The summed E-state index contributed by atoms with van der Waals surface area (Å²) >= 11 is 11.5. The Labute approximate surface area is 123 Å². The molecular formula is C14H18Cl2FNO. The van der Waals surface area contributed by atoms with Gasteiger partial charge in [-0.2, -0.15) is 0 Å². The number of benzene rings is 1. The summed E-state index contributed by atoms with van der Waals surface area (Å²) in [4.78, 5) is 14.2. The molecule has 1 amide bonds. The monoisotopic (exact) mass is 305 g/mol. The van der Waals surface area contributed by atoms with Crippen LogP contribution in [0, 0.1) is 5.82 Å². The van der Waals surface area contributed by atoms with Crippen molar-refractivity contribution in [1.29, 1.82) is 0 Å². The molecule has 5 heteroatoms. The maximum atomic E-state index is 13.1. The fourth-order valence-electron chi connectivity index (χ4n) is 2.07. The quantitative estimate of drug-likeness (QED) is 0.716. The lowest BCUT2D eigenvalue weighted by atomic mass is 10.1. The lowest BCUT2D eigenvalue weighted by Gasteiger charge is -2.30. The van der Waals surface area contributed by atoms with Gasteiger partial charge in [-0.3, -0.25) is 4.79 Å². The number of amides is 1. The molecule has 0 aliphatic carbocycles. The third kappa shape index (κ3) is 4.08. The minimum absolute atomic E-state index is 0.0405. The van der Waals surface area contributed by atoms with Crippen LogP contribution in [0.2, 0.25) is 5.02 Å². The molecule has 0 bridgehead atoms. The maximum Gasteiger partial charge on any atom is 0.254 e. The van der Waals surface area contributed by atoms with E-state index in [1.807, 2.05) is 13.8 Å². The Kier molecular flexibility index (Phi) is 6.59. The molecule has 0 aromatic heterocycles. The summed E-state index contributed by atoms with van der Waals surface area (Å²) in [7, 11) is 0. The van der Waals surface area contributed by atoms with Crippen molar-refractivity contribution in [2.24, 2.45) is 0 Å². The molecule has 19 heavy (non-hydrogen) atoms. The van der Waals surface area contributed by atoms with Crippen LogP contribution in [0.25, 0.3) is 0 Å². The largest absolute Gasteiger partial charge is 0.334 e. The minimum atomic E-state index is -0.523. The Morgan fingerprint density at radius 1 is 1.37 bits per heavy atom. The van der Waals surface area contributed by atoms with E-state index in [4.69, 9.17) is 23.2 Å². The number of hydrogen-bond acceptors (Lipinski definition) is 1. The standard InChI is InChI=1S/C14H18Cl2FNO/c1-3-11(4-2)18(8-7-15)14(19)10-5-6-13(17)12(16)9-10/h5-6,9,11H,3-4,7-8H2,1-2H3. The van der Waals surface area contributed by atoms with Gasteiger partial charge in [-0.15, -0.1) is 11.6 Å². The van der Waals surface area contributed by atoms with E-state index in [1.54, 1.807) is 4.90 Å². The van der Waals surface area contributed by atoms with Crippen LogP contribution in [0.3, 0.4) is 0 Å². The highest BCUT2D eigenvalue weighted by atomic mass is 35.5. The van der Waals surface area contributed by atoms with Crippen LogP contribution >= 0.6 is 23.2 Å². The second kappa shape index (κ2) is 7.71. The molecule has 0 radical (unpaired) electrons. The van der Waals surface area contributed by atoms with E-state index in [0.29, 0.717) is 18.0 Å². The molecule has 0 heterocycles. The zero-order valence-electron chi connectivity index (χ0n) is 11.1. The van der Waals surface area contributed by atoms with Gasteiger partial charge in [0.15, 0.2) is 0 Å². The van der Waals surface area contributed by atoms with Crippen LogP contribution in [0.15, 0.2) is 18.2 Å². The van der Waals surface area contributed by atoms with Gasteiger partial charge in [-0.1, -0.05) is 25.4 Å². The average molecular weight is 306 g/mol. The summed E-state index contributed by atoms with van der Waals surface area (Å²) in [6, 6.07) is 4.16. The number of rotatable bonds is 6. The summed E-state index contributed by atoms with van der Waals surface area (Å²) in [5.41, 5.74) is 0.392. The van der Waals surface area contributed by atoms with Crippen LogP contribution < -0.4 is 0 Å². The SMILES string of the molecule is CCC(CC)N(CCCl)C(=O)c1ccc(F)c(Cl)c1. The number of carbonyl (C=O) groups is 1. The van der Waals surface area contributed by atoms with Gasteiger partial charge in [0.05, 0.1) is 5.02 Å². The van der Waals surface area contributed by atoms with Crippen molar-refractivity contribution in [3.8, 4) is 0 Å². The minimum Gasteiger partial charge on any atom is -0.334 e. The second-order valence-electron chi connectivity index (χ2n) is 4.29. The van der Waals surface area contributed by atoms with Crippen molar-refractivity contribution in [2.75, 3.05) is 12.4 Å². The Bertz CT molecular complexity index is 435. The lowest BCUT2D eigenvalue weighted by Crippen LogP contribution is -2.41. The van der Waals surface area contributed by atoms with Gasteiger partial charge in [-0.25, -0.2) is 4.39 Å². The molecule has 1 aromatic carbocycles. The zero-order chi connectivity index (χ0) is 14.4. The predicted molar refractivity (Wildman–Crippen MR) is 77.5 cm³/mol. The molecule has 0 atom stereocenters. The van der Waals surface area contributed by atoms with Gasteiger partial charge in [0.2, 0.25) is 0 Å². The van der Waals surface area contributed by atoms with Crippen molar-refractivity contribution >= 4 is 29.1 Å². The highest BCUT2D eigenvalue weighted by molar-refractivity contribution is 6.31. The van der Waals surface area contributed by atoms with E-state index in [1.165, 1.54) is 18.2 Å². The first-order valence-corrected chi connectivity index (χ1v) is 7.28. The Morgan fingerprint density at radius 3 is 2.47 bits per heavy atom. The Morgan fingerprint density at radius 2 is 2.00 bits per heavy atom. The number of alkyl halides is 1. The lowest BCUT2D eigenvalue weighted by molar-refractivity contribution is 0.0681. The van der Waals surface area contributed by atoms with Gasteiger partial charge >= 0.3 is 0 Å². The molecule has 2 nitrogen and oxygen atoms in total. The molecule has 106 valence electrons. The van der Waals surface area contributed by atoms with Crippen LogP contribution in [0.4, 0.5) is 4.39 Å².